The van der Waals surface area contributed by atoms with Crippen LogP contribution >= 0.6 is 0 Å². The lowest BCUT2D eigenvalue weighted by Gasteiger charge is -2.13. The molecular formula is C15H16F3N5O5S. The molecule has 14 heteroatoms. The minimum absolute atomic E-state index is 0.194. The third kappa shape index (κ3) is 4.65. The number of alkyl halides is 3. The monoisotopic (exact) mass is 435 g/mol. The van der Waals surface area contributed by atoms with Crippen molar-refractivity contribution in [2.45, 2.75) is 30.8 Å². The SMILES string of the molecule is COCCn1cnnc1C(C)NS(=O)(=O)c1ccc(-c2cc(C(F)(F)F)on2)o1. The van der Waals surface area contributed by atoms with Crippen LogP contribution in [0.2, 0.25) is 0 Å². The highest BCUT2D eigenvalue weighted by atomic mass is 32.2. The fourth-order valence-electron chi connectivity index (χ4n) is 2.43. The number of rotatable bonds is 8. The van der Waals surface area contributed by atoms with Gasteiger partial charge in [0.2, 0.25) is 10.9 Å². The maximum absolute atomic E-state index is 12.6. The van der Waals surface area contributed by atoms with Gasteiger partial charge in [-0.05, 0) is 19.1 Å². The highest BCUT2D eigenvalue weighted by Gasteiger charge is 2.36. The first-order chi connectivity index (χ1) is 13.6. The Hall–Kier alpha value is -2.71. The minimum atomic E-state index is -4.72. The van der Waals surface area contributed by atoms with Gasteiger partial charge in [-0.1, -0.05) is 5.16 Å². The molecule has 0 aliphatic rings. The fraction of sp³-hybridized carbons (Fsp3) is 0.400. The molecule has 1 unspecified atom stereocenters. The highest BCUT2D eigenvalue weighted by molar-refractivity contribution is 7.89. The summed E-state index contributed by atoms with van der Waals surface area (Å²) >= 11 is 0. The number of nitrogens with one attached hydrogen (secondary N) is 1. The van der Waals surface area contributed by atoms with Gasteiger partial charge in [0.15, 0.2) is 11.6 Å². The predicted molar refractivity (Wildman–Crippen MR) is 89.8 cm³/mol. The van der Waals surface area contributed by atoms with Crippen LogP contribution in [0.1, 0.15) is 24.6 Å². The van der Waals surface area contributed by atoms with Crippen LogP contribution in [0, 0.1) is 0 Å². The number of halogens is 3. The Morgan fingerprint density at radius 2 is 2.10 bits per heavy atom. The summed E-state index contributed by atoms with van der Waals surface area (Å²) in [7, 11) is -2.62. The fourth-order valence-corrected chi connectivity index (χ4v) is 3.57. The van der Waals surface area contributed by atoms with E-state index >= 15 is 0 Å². The molecule has 158 valence electrons. The van der Waals surface area contributed by atoms with E-state index in [4.69, 9.17) is 9.15 Å². The number of aromatic nitrogens is 4. The van der Waals surface area contributed by atoms with Gasteiger partial charge in [-0.2, -0.15) is 17.9 Å². The molecule has 0 amide bonds. The minimum Gasteiger partial charge on any atom is -0.441 e. The van der Waals surface area contributed by atoms with Gasteiger partial charge in [0.25, 0.3) is 10.0 Å². The first-order valence-electron chi connectivity index (χ1n) is 8.15. The van der Waals surface area contributed by atoms with Crippen molar-refractivity contribution in [1.82, 2.24) is 24.6 Å². The summed E-state index contributed by atoms with van der Waals surface area (Å²) in [6, 6.07) is 2.13. The van der Waals surface area contributed by atoms with Gasteiger partial charge in [0.1, 0.15) is 12.0 Å². The molecule has 0 bridgehead atoms. The quantitative estimate of drug-likeness (QED) is 0.571. The average molecular weight is 435 g/mol. The molecule has 3 heterocycles. The second kappa shape index (κ2) is 7.96. The zero-order chi connectivity index (χ0) is 21.2. The van der Waals surface area contributed by atoms with Crippen molar-refractivity contribution in [3.63, 3.8) is 0 Å². The molecule has 0 radical (unpaired) electrons. The van der Waals surface area contributed by atoms with Gasteiger partial charge < -0.3 is 18.2 Å². The second-order valence-corrected chi connectivity index (χ2v) is 7.56. The number of hydrogen-bond donors (Lipinski definition) is 1. The van der Waals surface area contributed by atoms with Crippen LogP contribution in [0.5, 0.6) is 0 Å². The molecule has 3 rings (SSSR count). The van der Waals surface area contributed by atoms with Gasteiger partial charge in [0.05, 0.1) is 12.6 Å². The molecule has 0 saturated carbocycles. The Morgan fingerprint density at radius 1 is 1.34 bits per heavy atom. The standard InChI is InChI=1S/C15H16F3N5O5S/c1-9(14-20-19-8-23(14)5-6-26-2)22-29(24,25)13-4-3-11(27-13)10-7-12(28-21-10)15(16,17)18/h3-4,7-9,22H,5-6H2,1-2H3. The van der Waals surface area contributed by atoms with E-state index in [9.17, 15) is 21.6 Å². The second-order valence-electron chi connectivity index (χ2n) is 5.91. The van der Waals surface area contributed by atoms with Crippen molar-refractivity contribution >= 4 is 10.0 Å². The van der Waals surface area contributed by atoms with Crippen molar-refractivity contribution in [2.75, 3.05) is 13.7 Å². The molecule has 3 aromatic rings. The van der Waals surface area contributed by atoms with Crippen LogP contribution < -0.4 is 4.72 Å². The molecule has 0 aliphatic carbocycles. The molecule has 0 spiro atoms. The largest absolute Gasteiger partial charge is 0.452 e. The van der Waals surface area contributed by atoms with Crippen LogP contribution in [-0.4, -0.2) is 42.1 Å². The normalized spacial score (nSPS) is 13.7. The zero-order valence-corrected chi connectivity index (χ0v) is 16.0. The molecule has 0 aliphatic heterocycles. The number of nitrogens with zero attached hydrogens (tertiary/aromatic N) is 4. The van der Waals surface area contributed by atoms with Crippen molar-refractivity contribution in [1.29, 1.82) is 0 Å². The van der Waals surface area contributed by atoms with Gasteiger partial charge in [0, 0.05) is 19.7 Å². The zero-order valence-electron chi connectivity index (χ0n) is 15.2. The molecule has 0 saturated heterocycles. The lowest BCUT2D eigenvalue weighted by atomic mass is 10.3. The third-order valence-electron chi connectivity index (χ3n) is 3.79. The summed E-state index contributed by atoms with van der Waals surface area (Å²) in [6.07, 6.45) is -3.28. The van der Waals surface area contributed by atoms with Gasteiger partial charge in [-0.15, -0.1) is 10.2 Å². The molecule has 29 heavy (non-hydrogen) atoms. The summed E-state index contributed by atoms with van der Waals surface area (Å²) in [6.45, 7) is 2.36. The third-order valence-corrected chi connectivity index (χ3v) is 5.20. The maximum Gasteiger partial charge on any atom is 0.452 e. The van der Waals surface area contributed by atoms with E-state index in [0.717, 1.165) is 6.07 Å². The molecule has 0 aromatic carbocycles. The summed E-state index contributed by atoms with van der Waals surface area (Å²) in [5.41, 5.74) is -0.286. The van der Waals surface area contributed by atoms with Gasteiger partial charge in [-0.25, -0.2) is 8.42 Å². The van der Waals surface area contributed by atoms with Gasteiger partial charge >= 0.3 is 6.18 Å². The summed E-state index contributed by atoms with van der Waals surface area (Å²) in [4.78, 5) is 0. The summed E-state index contributed by atoms with van der Waals surface area (Å²) in [5, 5.41) is 10.4. The Labute approximate surface area is 162 Å². The predicted octanol–water partition coefficient (Wildman–Crippen LogP) is 2.23. The van der Waals surface area contributed by atoms with Crippen molar-refractivity contribution in [3.8, 4) is 11.5 Å². The Balaban J connectivity index is 1.77. The molecule has 1 atom stereocenters. The van der Waals surface area contributed by atoms with E-state index in [1.807, 2.05) is 0 Å². The van der Waals surface area contributed by atoms with Crippen LogP contribution in [0.4, 0.5) is 13.2 Å². The van der Waals surface area contributed by atoms with E-state index in [0.29, 0.717) is 25.0 Å². The first kappa shape index (κ1) is 21.0. The molecular weight excluding hydrogens is 419 g/mol. The number of furan rings is 1. The molecule has 10 nitrogen and oxygen atoms in total. The number of methoxy groups -OCH3 is 1. The topological polar surface area (TPSA) is 125 Å². The summed E-state index contributed by atoms with van der Waals surface area (Å²) in [5.74, 6) is -1.17. The summed E-state index contributed by atoms with van der Waals surface area (Å²) < 4.78 is 81.3. The van der Waals surface area contributed by atoms with Crippen molar-refractivity contribution < 1.29 is 35.3 Å². The number of sulfonamides is 1. The molecule has 1 N–H and O–H groups in total. The van der Waals surface area contributed by atoms with E-state index in [2.05, 4.69) is 24.6 Å². The number of ether oxygens (including phenoxy) is 1. The van der Waals surface area contributed by atoms with Crippen molar-refractivity contribution in [2.24, 2.45) is 0 Å². The van der Waals surface area contributed by atoms with Crippen LogP contribution in [0.3, 0.4) is 0 Å². The van der Waals surface area contributed by atoms with E-state index in [-0.39, 0.29) is 11.5 Å². The maximum atomic E-state index is 12.6. The van der Waals surface area contributed by atoms with Gasteiger partial charge in [-0.3, -0.25) is 0 Å². The smallest absolute Gasteiger partial charge is 0.441 e. The van der Waals surface area contributed by atoms with E-state index in [1.165, 1.54) is 19.5 Å². The number of hydrogen-bond acceptors (Lipinski definition) is 8. The van der Waals surface area contributed by atoms with Crippen molar-refractivity contribution in [3.05, 3.63) is 36.1 Å². The Morgan fingerprint density at radius 3 is 2.76 bits per heavy atom. The Kier molecular flexibility index (Phi) is 5.77. The van der Waals surface area contributed by atoms with Crippen LogP contribution in [0.25, 0.3) is 11.5 Å². The molecule has 0 fully saturated rings. The average Bonchev–Trinajstić information content (AvgIpc) is 3.38. The molecule has 3 aromatic heterocycles. The lowest BCUT2D eigenvalue weighted by Crippen LogP contribution is -2.29. The van der Waals surface area contributed by atoms with Crippen LogP contribution in [0.15, 0.2) is 38.6 Å². The van der Waals surface area contributed by atoms with E-state index in [1.54, 1.807) is 11.5 Å². The highest BCUT2D eigenvalue weighted by Crippen LogP contribution is 2.33. The van der Waals surface area contributed by atoms with E-state index < -0.39 is 33.1 Å². The van der Waals surface area contributed by atoms with Crippen LogP contribution in [-0.2, 0) is 27.5 Å². The Bertz CT molecular complexity index is 1070. The lowest BCUT2D eigenvalue weighted by molar-refractivity contribution is -0.155. The first-order valence-corrected chi connectivity index (χ1v) is 9.63.